The van der Waals surface area contributed by atoms with Crippen LogP contribution >= 0.6 is 0 Å². The van der Waals surface area contributed by atoms with Gasteiger partial charge < -0.3 is 0 Å². The van der Waals surface area contributed by atoms with Gasteiger partial charge in [-0.2, -0.15) is 8.42 Å². The Hall–Kier alpha value is -1.13. The lowest BCUT2D eigenvalue weighted by Crippen LogP contribution is -2.51. The average Bonchev–Trinajstić information content (AvgIpc) is 3.21. The fraction of sp³-hybridized carbons (Fsp3) is 0.765. The molecule has 0 saturated heterocycles. The highest BCUT2D eigenvalue weighted by atomic mass is 32.2. The Kier molecular flexibility index (Phi) is 7.99. The molecule has 38 heavy (non-hydrogen) atoms. The van der Waals surface area contributed by atoms with Gasteiger partial charge >= 0.3 is 0 Å². The van der Waals surface area contributed by atoms with Crippen LogP contribution in [0.15, 0.2) is 40.8 Å². The molecule has 0 heterocycles. The zero-order chi connectivity index (χ0) is 27.3. The molecule has 4 aliphatic carbocycles. The zero-order valence-electron chi connectivity index (χ0n) is 24.8. The lowest BCUT2D eigenvalue weighted by molar-refractivity contribution is -0.0556. The van der Waals surface area contributed by atoms with Crippen molar-refractivity contribution in [1.29, 1.82) is 0 Å². The van der Waals surface area contributed by atoms with E-state index in [1.54, 1.807) is 12.1 Å². The second kappa shape index (κ2) is 10.7. The molecule has 0 amide bonds. The molecule has 0 spiro atoms. The van der Waals surface area contributed by atoms with Crippen molar-refractivity contribution in [2.75, 3.05) is 0 Å². The summed E-state index contributed by atoms with van der Waals surface area (Å²) in [6, 6.07) is 7.02. The van der Waals surface area contributed by atoms with Gasteiger partial charge in [-0.1, -0.05) is 83.2 Å². The number of benzene rings is 1. The van der Waals surface area contributed by atoms with E-state index in [2.05, 4.69) is 40.7 Å². The van der Waals surface area contributed by atoms with Crippen LogP contribution in [0.4, 0.5) is 0 Å². The summed E-state index contributed by atoms with van der Waals surface area (Å²) in [4.78, 5) is 0.273. The van der Waals surface area contributed by atoms with Crippen LogP contribution < -0.4 is 0 Å². The summed E-state index contributed by atoms with van der Waals surface area (Å²) in [6.45, 7) is 14.4. The van der Waals surface area contributed by atoms with E-state index in [0.29, 0.717) is 5.41 Å². The molecule has 8 atom stereocenters. The highest BCUT2D eigenvalue weighted by Crippen LogP contribution is 2.67. The Morgan fingerprint density at radius 2 is 1.68 bits per heavy atom. The van der Waals surface area contributed by atoms with Crippen LogP contribution in [0, 0.1) is 53.3 Å². The number of allylic oxidation sites excluding steroid dienone is 1. The van der Waals surface area contributed by atoms with E-state index in [0.717, 1.165) is 60.3 Å². The Balaban J connectivity index is 1.27. The number of hydrogen-bond acceptors (Lipinski definition) is 3. The van der Waals surface area contributed by atoms with Crippen LogP contribution in [0.2, 0.25) is 0 Å². The van der Waals surface area contributed by atoms with Crippen molar-refractivity contribution in [3.8, 4) is 0 Å². The first kappa shape index (κ1) is 28.4. The van der Waals surface area contributed by atoms with Crippen molar-refractivity contribution in [2.45, 2.75) is 123 Å². The molecule has 3 saturated carbocycles. The second-order valence-corrected chi connectivity index (χ2v) is 16.1. The molecule has 0 unspecified atom stereocenters. The van der Waals surface area contributed by atoms with E-state index in [4.69, 9.17) is 4.18 Å². The first-order valence-corrected chi connectivity index (χ1v) is 17.0. The Morgan fingerprint density at radius 3 is 2.39 bits per heavy atom. The van der Waals surface area contributed by atoms with Crippen molar-refractivity contribution in [3.63, 3.8) is 0 Å². The third-order valence-electron chi connectivity index (χ3n) is 11.8. The Morgan fingerprint density at radius 1 is 0.947 bits per heavy atom. The minimum absolute atomic E-state index is 0.207. The summed E-state index contributed by atoms with van der Waals surface area (Å²) >= 11 is 0. The van der Waals surface area contributed by atoms with Gasteiger partial charge in [0, 0.05) is 0 Å². The largest absolute Gasteiger partial charge is 0.297 e. The van der Waals surface area contributed by atoms with E-state index in [-0.39, 0.29) is 16.4 Å². The molecule has 0 N–H and O–H groups in total. The molecule has 4 heteroatoms. The predicted octanol–water partition coefficient (Wildman–Crippen LogP) is 9.11. The summed E-state index contributed by atoms with van der Waals surface area (Å²) in [6.07, 6.45) is 15.8. The molecule has 212 valence electrons. The van der Waals surface area contributed by atoms with Crippen LogP contribution in [0.1, 0.15) is 111 Å². The molecule has 1 aromatic carbocycles. The highest BCUT2D eigenvalue weighted by Gasteiger charge is 2.59. The number of rotatable bonds is 8. The molecular weight excluding hydrogens is 488 g/mol. The molecule has 0 bridgehead atoms. The standard InChI is InChI=1S/C34H52O3S/c1-23(2)8-7-9-25(4)30-16-17-31-29-15-12-26-22-27(37-38(35,36)28-13-10-24(3)11-14-28)18-20-33(26,5)32(29)19-21-34(30,31)6/h10-14,23,25,27,29-32H,7-9,15-22H2,1-6H3/t25-,27+,29+,30-,31+,32+,33+,34-/m0/s1. The van der Waals surface area contributed by atoms with Gasteiger partial charge in [0.25, 0.3) is 10.1 Å². The van der Waals surface area contributed by atoms with Crippen molar-refractivity contribution < 1.29 is 12.6 Å². The maximum Gasteiger partial charge on any atom is 0.297 e. The van der Waals surface area contributed by atoms with Crippen LogP contribution in [0.3, 0.4) is 0 Å². The van der Waals surface area contributed by atoms with Crippen molar-refractivity contribution in [1.82, 2.24) is 0 Å². The lowest BCUT2D eigenvalue weighted by Gasteiger charge is -2.58. The fourth-order valence-electron chi connectivity index (χ4n) is 9.67. The monoisotopic (exact) mass is 540 g/mol. The Bertz CT molecular complexity index is 1120. The van der Waals surface area contributed by atoms with E-state index in [1.165, 1.54) is 56.9 Å². The number of aryl methyl sites for hydroxylation is 1. The van der Waals surface area contributed by atoms with Gasteiger partial charge in [-0.15, -0.1) is 0 Å². The topological polar surface area (TPSA) is 43.4 Å². The SMILES string of the molecule is Cc1ccc(S(=O)(=O)O[C@@H]2CC[C@]3(C)C(=CC[C@@H]4[C@H]5CC[C@@H]([C@@H](C)CCCC(C)C)[C@]5(C)CC[C@H]43)C2)cc1. The fourth-order valence-corrected chi connectivity index (χ4v) is 10.8. The van der Waals surface area contributed by atoms with Crippen molar-refractivity contribution in [3.05, 3.63) is 41.5 Å². The van der Waals surface area contributed by atoms with E-state index < -0.39 is 10.1 Å². The molecule has 0 radical (unpaired) electrons. The van der Waals surface area contributed by atoms with Gasteiger partial charge in [0.15, 0.2) is 0 Å². The Labute approximate surface area is 233 Å². The summed E-state index contributed by atoms with van der Waals surface area (Å²) in [7, 11) is -3.73. The smallest absolute Gasteiger partial charge is 0.263 e. The van der Waals surface area contributed by atoms with E-state index in [9.17, 15) is 8.42 Å². The summed E-state index contributed by atoms with van der Waals surface area (Å²) in [5, 5.41) is 0. The predicted molar refractivity (Wildman–Crippen MR) is 156 cm³/mol. The summed E-state index contributed by atoms with van der Waals surface area (Å²) < 4.78 is 31.8. The lowest BCUT2D eigenvalue weighted by atomic mass is 9.47. The first-order valence-electron chi connectivity index (χ1n) is 15.6. The van der Waals surface area contributed by atoms with Gasteiger partial charge in [0.2, 0.25) is 0 Å². The van der Waals surface area contributed by atoms with Crippen LogP contribution in [0.25, 0.3) is 0 Å². The minimum Gasteiger partial charge on any atom is -0.263 e. The maximum absolute atomic E-state index is 13.0. The van der Waals surface area contributed by atoms with Gasteiger partial charge in [-0.05, 0) is 117 Å². The number of hydrogen-bond donors (Lipinski definition) is 0. The number of fused-ring (bicyclic) bond motifs is 5. The quantitative estimate of drug-likeness (QED) is 0.244. The molecule has 0 aromatic heterocycles. The molecule has 0 aliphatic heterocycles. The maximum atomic E-state index is 13.0. The molecular formula is C34H52O3S. The van der Waals surface area contributed by atoms with Gasteiger partial charge in [0.05, 0.1) is 11.0 Å². The third kappa shape index (κ3) is 5.18. The third-order valence-corrected chi connectivity index (χ3v) is 13.2. The summed E-state index contributed by atoms with van der Waals surface area (Å²) in [5.41, 5.74) is 3.24. The van der Waals surface area contributed by atoms with Gasteiger partial charge in [0.1, 0.15) is 0 Å². The summed E-state index contributed by atoms with van der Waals surface area (Å²) in [5.74, 6) is 4.93. The normalized spacial score (nSPS) is 37.8. The van der Waals surface area contributed by atoms with Crippen LogP contribution in [-0.4, -0.2) is 14.5 Å². The molecule has 3 fully saturated rings. The molecule has 4 aliphatic rings. The van der Waals surface area contributed by atoms with Crippen molar-refractivity contribution >= 4 is 10.1 Å². The minimum atomic E-state index is -3.73. The molecule has 3 nitrogen and oxygen atoms in total. The average molecular weight is 541 g/mol. The highest BCUT2D eigenvalue weighted by molar-refractivity contribution is 7.86. The van der Waals surface area contributed by atoms with Crippen molar-refractivity contribution in [2.24, 2.45) is 46.3 Å². The molecule has 5 rings (SSSR count). The van der Waals surface area contributed by atoms with Crippen LogP contribution in [0.5, 0.6) is 0 Å². The van der Waals surface area contributed by atoms with Gasteiger partial charge in [-0.25, -0.2) is 0 Å². The van der Waals surface area contributed by atoms with Gasteiger partial charge in [-0.3, -0.25) is 4.18 Å². The molecule has 1 aromatic rings. The zero-order valence-corrected chi connectivity index (χ0v) is 25.7. The second-order valence-electron chi connectivity index (χ2n) is 14.5. The van der Waals surface area contributed by atoms with E-state index >= 15 is 0 Å². The van der Waals surface area contributed by atoms with Crippen LogP contribution in [-0.2, 0) is 14.3 Å². The van der Waals surface area contributed by atoms with E-state index in [1.807, 2.05) is 19.1 Å². The first-order chi connectivity index (χ1) is 17.9.